The van der Waals surface area contributed by atoms with E-state index in [9.17, 15) is 18.0 Å². The minimum Gasteiger partial charge on any atom is -0.352 e. The van der Waals surface area contributed by atoms with E-state index in [1.54, 1.807) is 6.92 Å². The molecule has 0 spiro atoms. The van der Waals surface area contributed by atoms with Crippen LogP contribution in [-0.2, 0) is 26.2 Å². The first-order valence-electron chi connectivity index (χ1n) is 10.9. The molecule has 2 aromatic rings. The van der Waals surface area contributed by atoms with Crippen LogP contribution in [0.4, 0.5) is 5.69 Å². The molecule has 2 atom stereocenters. The van der Waals surface area contributed by atoms with Gasteiger partial charge in [-0.15, -0.1) is 0 Å². The van der Waals surface area contributed by atoms with Gasteiger partial charge in [0.15, 0.2) is 0 Å². The monoisotopic (exact) mass is 527 g/mol. The third-order valence-corrected chi connectivity index (χ3v) is 7.18. The predicted molar refractivity (Wildman–Crippen MR) is 138 cm³/mol. The lowest BCUT2D eigenvalue weighted by molar-refractivity contribution is -0.139. The molecular formula is C24H31Cl2N3O4S. The molecule has 2 aromatic carbocycles. The molecule has 1 N–H and O–H groups in total. The van der Waals surface area contributed by atoms with Crippen molar-refractivity contribution >= 4 is 50.7 Å². The second kappa shape index (κ2) is 11.9. The Morgan fingerprint density at radius 2 is 1.68 bits per heavy atom. The number of benzene rings is 2. The van der Waals surface area contributed by atoms with Crippen LogP contribution >= 0.6 is 23.2 Å². The van der Waals surface area contributed by atoms with Gasteiger partial charge in [0.25, 0.3) is 0 Å². The molecule has 0 fully saturated rings. The first kappa shape index (κ1) is 28.0. The van der Waals surface area contributed by atoms with Gasteiger partial charge in [0.1, 0.15) is 12.6 Å². The average Bonchev–Trinajstić information content (AvgIpc) is 2.77. The number of carbonyl (C=O) groups is 2. The third kappa shape index (κ3) is 7.61. The summed E-state index contributed by atoms with van der Waals surface area (Å²) in [6.45, 7) is 7.00. The van der Waals surface area contributed by atoms with E-state index in [0.29, 0.717) is 0 Å². The van der Waals surface area contributed by atoms with Crippen molar-refractivity contribution in [1.82, 2.24) is 10.2 Å². The molecule has 0 radical (unpaired) electrons. The molecule has 0 unspecified atom stereocenters. The summed E-state index contributed by atoms with van der Waals surface area (Å²) >= 11 is 12.3. The number of nitrogens with zero attached hydrogens (tertiary/aromatic N) is 2. The van der Waals surface area contributed by atoms with Crippen LogP contribution in [0, 0.1) is 6.92 Å². The molecule has 0 aliphatic carbocycles. The third-order valence-electron chi connectivity index (χ3n) is 5.50. The van der Waals surface area contributed by atoms with Crippen LogP contribution in [0.3, 0.4) is 0 Å². The summed E-state index contributed by atoms with van der Waals surface area (Å²) in [4.78, 5) is 27.8. The number of rotatable bonds is 10. The van der Waals surface area contributed by atoms with Crippen LogP contribution in [-0.4, -0.2) is 50.0 Å². The smallest absolute Gasteiger partial charge is 0.244 e. The Morgan fingerprint density at radius 1 is 1.06 bits per heavy atom. The Balaban J connectivity index is 2.42. The number of hydrogen-bond donors (Lipinski definition) is 1. The summed E-state index contributed by atoms with van der Waals surface area (Å²) in [6.07, 6.45) is 1.72. The minimum absolute atomic E-state index is 0.0657. The number of aryl methyl sites for hydroxylation is 1. The van der Waals surface area contributed by atoms with Crippen molar-refractivity contribution in [3.8, 4) is 0 Å². The van der Waals surface area contributed by atoms with Crippen LogP contribution in [0.2, 0.25) is 10.0 Å². The highest BCUT2D eigenvalue weighted by Gasteiger charge is 2.31. The maximum atomic E-state index is 13.5. The molecule has 0 aliphatic heterocycles. The first-order valence-corrected chi connectivity index (χ1v) is 13.5. The molecule has 2 amide bonds. The second-order valence-corrected chi connectivity index (χ2v) is 11.1. The zero-order valence-electron chi connectivity index (χ0n) is 20.0. The fourth-order valence-electron chi connectivity index (χ4n) is 3.21. The topological polar surface area (TPSA) is 86.8 Å². The lowest BCUT2D eigenvalue weighted by Crippen LogP contribution is -2.52. The van der Waals surface area contributed by atoms with Gasteiger partial charge in [-0.05, 0) is 51.0 Å². The Bertz CT molecular complexity index is 1120. The summed E-state index contributed by atoms with van der Waals surface area (Å²) in [5.74, 6) is -0.865. The van der Waals surface area contributed by atoms with Crippen LogP contribution in [0.15, 0.2) is 42.5 Å². The van der Waals surface area contributed by atoms with Crippen LogP contribution in [0.1, 0.15) is 38.3 Å². The Labute approximate surface area is 212 Å². The standard InChI is InChI=1S/C24H31Cl2N3O4S/c1-6-17(3)27-24(31)18(4)28(14-19-9-7-16(2)8-10-19)23(30)15-29(34(5,32)33)22-13-20(25)11-12-21(22)26/h7-13,17-18H,6,14-15H2,1-5H3,(H,27,31)/t17-,18-/m0/s1. The van der Waals surface area contributed by atoms with Crippen molar-refractivity contribution in [1.29, 1.82) is 0 Å². The number of amides is 2. The molecule has 0 saturated heterocycles. The Morgan fingerprint density at radius 3 is 2.24 bits per heavy atom. The van der Waals surface area contributed by atoms with Crippen LogP contribution in [0.5, 0.6) is 0 Å². The van der Waals surface area contributed by atoms with E-state index < -0.39 is 28.5 Å². The summed E-state index contributed by atoms with van der Waals surface area (Å²) in [5, 5.41) is 3.30. The van der Waals surface area contributed by atoms with Crippen LogP contribution < -0.4 is 9.62 Å². The zero-order valence-corrected chi connectivity index (χ0v) is 22.3. The molecule has 10 heteroatoms. The Kier molecular flexibility index (Phi) is 9.79. The van der Waals surface area contributed by atoms with E-state index >= 15 is 0 Å². The Hall–Kier alpha value is -2.29. The fraction of sp³-hybridized carbons (Fsp3) is 0.417. The van der Waals surface area contributed by atoms with Crippen molar-refractivity contribution < 1.29 is 18.0 Å². The second-order valence-electron chi connectivity index (χ2n) is 8.37. The zero-order chi connectivity index (χ0) is 25.6. The van der Waals surface area contributed by atoms with Crippen molar-refractivity contribution in [2.45, 2.75) is 52.7 Å². The largest absolute Gasteiger partial charge is 0.352 e. The minimum atomic E-state index is -3.89. The molecule has 0 bridgehead atoms. The number of anilines is 1. The van der Waals surface area contributed by atoms with Gasteiger partial charge in [0.2, 0.25) is 21.8 Å². The predicted octanol–water partition coefficient (Wildman–Crippen LogP) is 4.40. The summed E-state index contributed by atoms with van der Waals surface area (Å²) in [6, 6.07) is 11.1. The molecule has 0 heterocycles. The van der Waals surface area contributed by atoms with Gasteiger partial charge >= 0.3 is 0 Å². The quantitative estimate of drug-likeness (QED) is 0.495. The maximum absolute atomic E-state index is 13.5. The van der Waals surface area contributed by atoms with Crippen molar-refractivity contribution in [3.05, 3.63) is 63.6 Å². The van der Waals surface area contributed by atoms with Gasteiger partial charge in [-0.2, -0.15) is 0 Å². The summed E-state index contributed by atoms with van der Waals surface area (Å²) < 4.78 is 26.1. The van der Waals surface area contributed by atoms with Gasteiger partial charge in [-0.1, -0.05) is 60.0 Å². The molecule has 0 aromatic heterocycles. The molecule has 34 heavy (non-hydrogen) atoms. The van der Waals surface area contributed by atoms with Crippen LogP contribution in [0.25, 0.3) is 0 Å². The van der Waals surface area contributed by atoms with E-state index in [1.807, 2.05) is 45.0 Å². The number of hydrogen-bond acceptors (Lipinski definition) is 4. The van der Waals surface area contributed by atoms with Gasteiger partial charge in [0.05, 0.1) is 17.0 Å². The molecule has 2 rings (SSSR count). The lowest BCUT2D eigenvalue weighted by atomic mass is 10.1. The summed E-state index contributed by atoms with van der Waals surface area (Å²) in [7, 11) is -3.89. The average molecular weight is 529 g/mol. The van der Waals surface area contributed by atoms with Gasteiger partial charge in [-0.25, -0.2) is 8.42 Å². The maximum Gasteiger partial charge on any atom is 0.244 e. The van der Waals surface area contributed by atoms with Crippen molar-refractivity contribution in [3.63, 3.8) is 0 Å². The molecule has 0 saturated carbocycles. The van der Waals surface area contributed by atoms with Crippen molar-refractivity contribution in [2.24, 2.45) is 0 Å². The normalized spacial score (nSPS) is 13.1. The highest BCUT2D eigenvalue weighted by molar-refractivity contribution is 7.92. The first-order chi connectivity index (χ1) is 15.8. The van der Waals surface area contributed by atoms with Crippen molar-refractivity contribution in [2.75, 3.05) is 17.1 Å². The number of sulfonamides is 1. The number of nitrogens with one attached hydrogen (secondary N) is 1. The van der Waals surface area contributed by atoms with E-state index in [-0.39, 0.29) is 34.2 Å². The SMILES string of the molecule is CC[C@H](C)NC(=O)[C@H](C)N(Cc1ccc(C)cc1)C(=O)CN(c1cc(Cl)ccc1Cl)S(C)(=O)=O. The number of carbonyl (C=O) groups excluding carboxylic acids is 2. The molecule has 0 aliphatic rings. The van der Waals surface area contributed by atoms with E-state index in [0.717, 1.165) is 28.1 Å². The highest BCUT2D eigenvalue weighted by Crippen LogP contribution is 2.31. The molecule has 7 nitrogen and oxygen atoms in total. The van der Waals surface area contributed by atoms with E-state index in [2.05, 4.69) is 5.32 Å². The number of halogens is 2. The highest BCUT2D eigenvalue weighted by atomic mass is 35.5. The lowest BCUT2D eigenvalue weighted by Gasteiger charge is -2.32. The molecular weight excluding hydrogens is 497 g/mol. The van der Waals surface area contributed by atoms with Gasteiger partial charge < -0.3 is 10.2 Å². The van der Waals surface area contributed by atoms with Gasteiger partial charge in [-0.3, -0.25) is 13.9 Å². The summed E-state index contributed by atoms with van der Waals surface area (Å²) in [5.41, 5.74) is 1.97. The van der Waals surface area contributed by atoms with Gasteiger partial charge in [0, 0.05) is 17.6 Å². The molecule has 186 valence electrons. The van der Waals surface area contributed by atoms with E-state index in [4.69, 9.17) is 23.2 Å². The fourth-order valence-corrected chi connectivity index (χ4v) is 4.50. The van der Waals surface area contributed by atoms with E-state index in [1.165, 1.54) is 23.1 Å².